The third-order valence-electron chi connectivity index (χ3n) is 2.78. The number of carbonyl (C=O) groups is 1. The summed E-state index contributed by atoms with van der Waals surface area (Å²) in [6.45, 7) is 1.85. The van der Waals surface area contributed by atoms with Crippen LogP contribution in [0.4, 0.5) is 0 Å². The molecule has 1 unspecified atom stereocenters. The minimum atomic E-state index is -0.216. The van der Waals surface area contributed by atoms with E-state index in [9.17, 15) is 4.79 Å². The van der Waals surface area contributed by atoms with Gasteiger partial charge in [-0.15, -0.1) is 11.3 Å². The lowest BCUT2D eigenvalue weighted by Crippen LogP contribution is -2.27. The maximum Gasteiger partial charge on any atom is 0.251 e. The van der Waals surface area contributed by atoms with Crippen LogP contribution >= 0.6 is 11.3 Å². The first-order chi connectivity index (χ1) is 9.24. The van der Waals surface area contributed by atoms with Gasteiger partial charge < -0.3 is 5.32 Å². The molecule has 0 aliphatic carbocycles. The molecule has 0 aliphatic heterocycles. The molecular formula is C12H11N5OS. The standard InChI is InChI=1S/C12H11N5OS/c1-7(11-13-5-15-17-11)16-12(18)8-2-3-9-10(4-8)19-6-14-9/h2-7H,1H3,(H,16,18)(H,13,15,17). The van der Waals surface area contributed by atoms with Crippen molar-refractivity contribution >= 4 is 27.5 Å². The van der Waals surface area contributed by atoms with Crippen molar-refractivity contribution in [3.8, 4) is 0 Å². The van der Waals surface area contributed by atoms with Crippen molar-refractivity contribution in [2.24, 2.45) is 0 Å². The lowest BCUT2D eigenvalue weighted by Gasteiger charge is -2.10. The SMILES string of the molecule is CC(NC(=O)c1ccc2ncsc2c1)c1ncn[nH]1. The molecule has 0 aliphatic rings. The third-order valence-corrected chi connectivity index (χ3v) is 3.58. The summed E-state index contributed by atoms with van der Waals surface area (Å²) < 4.78 is 1.000. The topological polar surface area (TPSA) is 83.6 Å². The summed E-state index contributed by atoms with van der Waals surface area (Å²) in [4.78, 5) is 20.3. The average Bonchev–Trinajstić information content (AvgIpc) is 3.09. The number of nitrogens with one attached hydrogen (secondary N) is 2. The zero-order chi connectivity index (χ0) is 13.2. The van der Waals surface area contributed by atoms with Gasteiger partial charge in [0.15, 0.2) is 0 Å². The summed E-state index contributed by atoms with van der Waals surface area (Å²) in [5, 5.41) is 9.37. The Hall–Kier alpha value is -2.28. The van der Waals surface area contributed by atoms with Crippen LogP contribution in [-0.4, -0.2) is 26.1 Å². The molecule has 2 aromatic heterocycles. The van der Waals surface area contributed by atoms with E-state index >= 15 is 0 Å². The van der Waals surface area contributed by atoms with Crippen molar-refractivity contribution < 1.29 is 4.79 Å². The van der Waals surface area contributed by atoms with E-state index in [1.54, 1.807) is 11.6 Å². The first-order valence-electron chi connectivity index (χ1n) is 5.73. The van der Waals surface area contributed by atoms with Gasteiger partial charge >= 0.3 is 0 Å². The summed E-state index contributed by atoms with van der Waals surface area (Å²) in [6.07, 6.45) is 1.42. The molecule has 3 aromatic rings. The van der Waals surface area contributed by atoms with E-state index < -0.39 is 0 Å². The molecule has 1 amide bonds. The Morgan fingerprint density at radius 2 is 2.32 bits per heavy atom. The molecule has 0 saturated carbocycles. The van der Waals surface area contributed by atoms with Gasteiger partial charge in [-0.25, -0.2) is 9.97 Å². The number of rotatable bonds is 3. The number of carbonyl (C=O) groups excluding carboxylic acids is 1. The highest BCUT2D eigenvalue weighted by Gasteiger charge is 2.14. The van der Waals surface area contributed by atoms with E-state index in [0.717, 1.165) is 10.2 Å². The number of hydrogen-bond donors (Lipinski definition) is 2. The Morgan fingerprint density at radius 3 is 3.11 bits per heavy atom. The van der Waals surface area contributed by atoms with E-state index in [1.165, 1.54) is 17.7 Å². The number of aromatic nitrogens is 4. The number of amides is 1. The second kappa shape index (κ2) is 4.77. The average molecular weight is 273 g/mol. The van der Waals surface area contributed by atoms with Crippen LogP contribution in [0.5, 0.6) is 0 Å². The number of fused-ring (bicyclic) bond motifs is 1. The van der Waals surface area contributed by atoms with Gasteiger partial charge in [-0.1, -0.05) is 0 Å². The van der Waals surface area contributed by atoms with Crippen molar-refractivity contribution in [2.45, 2.75) is 13.0 Å². The monoisotopic (exact) mass is 273 g/mol. The van der Waals surface area contributed by atoms with E-state index in [4.69, 9.17) is 0 Å². The van der Waals surface area contributed by atoms with Gasteiger partial charge in [0.25, 0.3) is 5.91 Å². The van der Waals surface area contributed by atoms with Crippen molar-refractivity contribution in [2.75, 3.05) is 0 Å². The van der Waals surface area contributed by atoms with Crippen LogP contribution < -0.4 is 5.32 Å². The number of thiazole rings is 1. The van der Waals surface area contributed by atoms with Crippen molar-refractivity contribution in [3.63, 3.8) is 0 Å². The molecule has 0 bridgehead atoms. The highest BCUT2D eigenvalue weighted by molar-refractivity contribution is 7.16. The summed E-state index contributed by atoms with van der Waals surface area (Å²) in [5.41, 5.74) is 3.29. The Balaban J connectivity index is 1.79. The fourth-order valence-corrected chi connectivity index (χ4v) is 2.48. The third kappa shape index (κ3) is 2.32. The van der Waals surface area contributed by atoms with Gasteiger partial charge in [-0.3, -0.25) is 9.89 Å². The Bertz CT molecular complexity index is 706. The smallest absolute Gasteiger partial charge is 0.251 e. The van der Waals surface area contributed by atoms with Gasteiger partial charge in [0.1, 0.15) is 12.2 Å². The largest absolute Gasteiger partial charge is 0.342 e. The van der Waals surface area contributed by atoms with Gasteiger partial charge in [0, 0.05) is 5.56 Å². The fourth-order valence-electron chi connectivity index (χ4n) is 1.77. The van der Waals surface area contributed by atoms with Crippen LogP contribution in [0.3, 0.4) is 0 Å². The summed E-state index contributed by atoms with van der Waals surface area (Å²) in [5.74, 6) is 0.492. The molecule has 2 heterocycles. The van der Waals surface area contributed by atoms with Gasteiger partial charge in [-0.05, 0) is 25.1 Å². The first-order valence-corrected chi connectivity index (χ1v) is 6.61. The minimum absolute atomic E-state index is 0.140. The summed E-state index contributed by atoms with van der Waals surface area (Å²) in [7, 11) is 0. The second-order valence-corrected chi connectivity index (χ2v) is 4.99. The molecule has 6 nitrogen and oxygen atoms in total. The number of nitrogens with zero attached hydrogens (tertiary/aromatic N) is 3. The van der Waals surface area contributed by atoms with Crippen LogP contribution in [0.15, 0.2) is 30.0 Å². The quantitative estimate of drug-likeness (QED) is 0.763. The molecule has 0 fully saturated rings. The van der Waals surface area contributed by atoms with Gasteiger partial charge in [-0.2, -0.15) is 5.10 Å². The molecule has 96 valence electrons. The summed E-state index contributed by atoms with van der Waals surface area (Å²) in [6, 6.07) is 5.24. The molecule has 19 heavy (non-hydrogen) atoms. The highest BCUT2D eigenvalue weighted by atomic mass is 32.1. The lowest BCUT2D eigenvalue weighted by atomic mass is 10.2. The van der Waals surface area contributed by atoms with Crippen LogP contribution in [0.1, 0.15) is 29.1 Å². The number of aromatic amines is 1. The maximum absolute atomic E-state index is 12.1. The molecule has 0 radical (unpaired) electrons. The molecular weight excluding hydrogens is 262 g/mol. The predicted octanol–water partition coefficient (Wildman–Crippen LogP) is 1.91. The Morgan fingerprint density at radius 1 is 1.42 bits per heavy atom. The second-order valence-electron chi connectivity index (χ2n) is 4.10. The zero-order valence-electron chi connectivity index (χ0n) is 10.1. The fraction of sp³-hybridized carbons (Fsp3) is 0.167. The van der Waals surface area contributed by atoms with Crippen LogP contribution in [0.2, 0.25) is 0 Å². The van der Waals surface area contributed by atoms with E-state index in [0.29, 0.717) is 11.4 Å². The Labute approximate surface area is 112 Å². The highest BCUT2D eigenvalue weighted by Crippen LogP contribution is 2.19. The molecule has 0 saturated heterocycles. The molecule has 1 aromatic carbocycles. The van der Waals surface area contributed by atoms with Crippen LogP contribution in [-0.2, 0) is 0 Å². The van der Waals surface area contributed by atoms with Crippen molar-refractivity contribution in [1.29, 1.82) is 0 Å². The van der Waals surface area contributed by atoms with Gasteiger partial charge in [0.05, 0.1) is 21.8 Å². The van der Waals surface area contributed by atoms with Gasteiger partial charge in [0.2, 0.25) is 0 Å². The molecule has 0 spiro atoms. The zero-order valence-corrected chi connectivity index (χ0v) is 10.9. The minimum Gasteiger partial charge on any atom is -0.342 e. The van der Waals surface area contributed by atoms with E-state index in [1.807, 2.05) is 19.1 Å². The summed E-state index contributed by atoms with van der Waals surface area (Å²) >= 11 is 1.52. The van der Waals surface area contributed by atoms with E-state index in [-0.39, 0.29) is 11.9 Å². The molecule has 7 heteroatoms. The number of benzene rings is 1. The molecule has 2 N–H and O–H groups in total. The number of hydrogen-bond acceptors (Lipinski definition) is 5. The maximum atomic E-state index is 12.1. The lowest BCUT2D eigenvalue weighted by molar-refractivity contribution is 0.0938. The van der Waals surface area contributed by atoms with Crippen molar-refractivity contribution in [3.05, 3.63) is 41.4 Å². The Kier molecular flexibility index (Phi) is 2.96. The molecule has 1 atom stereocenters. The normalized spacial score (nSPS) is 12.5. The van der Waals surface area contributed by atoms with Crippen LogP contribution in [0, 0.1) is 0 Å². The van der Waals surface area contributed by atoms with Crippen LogP contribution in [0.25, 0.3) is 10.2 Å². The van der Waals surface area contributed by atoms with Crippen molar-refractivity contribution in [1.82, 2.24) is 25.5 Å². The number of H-pyrrole nitrogens is 1. The van der Waals surface area contributed by atoms with E-state index in [2.05, 4.69) is 25.5 Å². The first kappa shape index (κ1) is 11.8. The molecule has 3 rings (SSSR count). The predicted molar refractivity (Wildman–Crippen MR) is 71.9 cm³/mol.